The van der Waals surface area contributed by atoms with Gasteiger partial charge in [-0.3, -0.25) is 0 Å². The smallest absolute Gasteiger partial charge is 0.425 e. The molecule has 0 aromatic rings. The molecule has 0 aromatic heterocycles. The maximum Gasteiger partial charge on any atom is 0.425 e. The van der Waals surface area contributed by atoms with Gasteiger partial charge >= 0.3 is 35.8 Å². The molecule has 0 atom stereocenters. The highest BCUT2D eigenvalue weighted by atomic mass is 16.6. The highest BCUT2D eigenvalue weighted by Crippen LogP contribution is 1.91. The summed E-state index contributed by atoms with van der Waals surface area (Å²) < 4.78 is 15.9. The first-order valence-electron chi connectivity index (χ1n) is 5.15. The standard InChI is InChI=1S/C12H8O10/c1-3-19-9(15)11(17)21-7(13)5-6-8(14)22-12(18)10(16)20-4-2/h3-6H,1-2H2. The lowest BCUT2D eigenvalue weighted by atomic mass is 10.5. The van der Waals surface area contributed by atoms with E-state index in [0.717, 1.165) is 0 Å². The molecule has 0 saturated carbocycles. The minimum Gasteiger partial charge on any atom is -0.427 e. The van der Waals surface area contributed by atoms with Gasteiger partial charge in [-0.2, -0.15) is 0 Å². The van der Waals surface area contributed by atoms with E-state index in [-0.39, 0.29) is 0 Å². The summed E-state index contributed by atoms with van der Waals surface area (Å²) in [6.45, 7) is 5.98. The fraction of sp³-hybridized carbons (Fsp3) is 0. The summed E-state index contributed by atoms with van der Waals surface area (Å²) in [5, 5.41) is 0. The van der Waals surface area contributed by atoms with Gasteiger partial charge in [-0.1, -0.05) is 13.2 Å². The third kappa shape index (κ3) is 7.13. The zero-order chi connectivity index (χ0) is 17.1. The normalized spacial score (nSPS) is 9.27. The van der Waals surface area contributed by atoms with E-state index in [0.29, 0.717) is 24.7 Å². The Morgan fingerprint density at radius 1 is 0.591 bits per heavy atom. The van der Waals surface area contributed by atoms with E-state index < -0.39 is 35.8 Å². The van der Waals surface area contributed by atoms with E-state index in [1.54, 1.807) is 0 Å². The molecule has 0 N–H and O–H groups in total. The van der Waals surface area contributed by atoms with Crippen LogP contribution < -0.4 is 0 Å². The van der Waals surface area contributed by atoms with Gasteiger partial charge in [0.25, 0.3) is 0 Å². The van der Waals surface area contributed by atoms with Crippen molar-refractivity contribution in [2.24, 2.45) is 0 Å². The van der Waals surface area contributed by atoms with Gasteiger partial charge < -0.3 is 18.9 Å². The van der Waals surface area contributed by atoms with Crippen LogP contribution in [0.1, 0.15) is 0 Å². The molecule has 0 rings (SSSR count). The van der Waals surface area contributed by atoms with Crippen LogP contribution in [0.2, 0.25) is 0 Å². The van der Waals surface area contributed by atoms with E-state index in [4.69, 9.17) is 0 Å². The van der Waals surface area contributed by atoms with Crippen LogP contribution in [0.5, 0.6) is 0 Å². The summed E-state index contributed by atoms with van der Waals surface area (Å²) in [4.78, 5) is 65.3. The first-order chi connectivity index (χ1) is 10.3. The minimum absolute atomic E-state index is 0.369. The summed E-state index contributed by atoms with van der Waals surface area (Å²) in [5.41, 5.74) is 0. The van der Waals surface area contributed by atoms with Crippen LogP contribution in [0.3, 0.4) is 0 Å². The second-order valence-corrected chi connectivity index (χ2v) is 2.89. The minimum atomic E-state index is -1.66. The van der Waals surface area contributed by atoms with Crippen molar-refractivity contribution in [3.05, 3.63) is 37.8 Å². The number of hydrogen-bond acceptors (Lipinski definition) is 10. The van der Waals surface area contributed by atoms with Crippen molar-refractivity contribution >= 4 is 35.8 Å². The highest BCUT2D eigenvalue weighted by molar-refractivity contribution is 6.32. The zero-order valence-electron chi connectivity index (χ0n) is 10.8. The average molecular weight is 312 g/mol. The number of carbonyl (C=O) groups excluding carboxylic acids is 6. The van der Waals surface area contributed by atoms with Crippen molar-refractivity contribution in [2.75, 3.05) is 0 Å². The second kappa shape index (κ2) is 9.36. The van der Waals surface area contributed by atoms with Crippen LogP contribution in [0.25, 0.3) is 0 Å². The van der Waals surface area contributed by atoms with Crippen molar-refractivity contribution in [1.82, 2.24) is 0 Å². The van der Waals surface area contributed by atoms with Crippen LogP contribution >= 0.6 is 0 Å². The Morgan fingerprint density at radius 2 is 0.909 bits per heavy atom. The molecular formula is C12H8O10. The van der Waals surface area contributed by atoms with Crippen molar-refractivity contribution in [1.29, 1.82) is 0 Å². The summed E-state index contributed by atoms with van der Waals surface area (Å²) in [6, 6.07) is 0. The lowest BCUT2D eigenvalue weighted by molar-refractivity contribution is -0.170. The second-order valence-electron chi connectivity index (χ2n) is 2.89. The molecule has 22 heavy (non-hydrogen) atoms. The van der Waals surface area contributed by atoms with Crippen molar-refractivity contribution in [3.63, 3.8) is 0 Å². The van der Waals surface area contributed by atoms with Gasteiger partial charge in [-0.05, 0) is 0 Å². The predicted octanol–water partition coefficient (Wildman–Crippen LogP) is -0.944. The third-order valence-electron chi connectivity index (χ3n) is 1.46. The molecule has 116 valence electrons. The number of esters is 6. The molecule has 0 spiro atoms. The Labute approximate surface area is 122 Å². The molecular weight excluding hydrogens is 304 g/mol. The van der Waals surface area contributed by atoms with Gasteiger partial charge in [-0.15, -0.1) is 0 Å². The molecule has 0 saturated heterocycles. The van der Waals surface area contributed by atoms with E-state index >= 15 is 0 Å². The summed E-state index contributed by atoms with van der Waals surface area (Å²) >= 11 is 0. The number of ether oxygens (including phenoxy) is 4. The molecule has 0 aliphatic heterocycles. The quantitative estimate of drug-likeness (QED) is 0.159. The van der Waals surface area contributed by atoms with Crippen LogP contribution in [0, 0.1) is 0 Å². The Hall–Kier alpha value is -3.56. The van der Waals surface area contributed by atoms with Gasteiger partial charge in [0.2, 0.25) is 0 Å². The SMILES string of the molecule is C=COC(=O)C(=O)OC(=O)C=CC(=O)OC(=O)C(=O)OC=C. The largest absolute Gasteiger partial charge is 0.427 e. The monoisotopic (exact) mass is 312 g/mol. The Bertz CT molecular complexity index is 518. The summed E-state index contributed by atoms with van der Waals surface area (Å²) in [5.74, 6) is -9.20. The van der Waals surface area contributed by atoms with Crippen molar-refractivity contribution in [2.45, 2.75) is 0 Å². The Balaban J connectivity index is 4.40. The summed E-state index contributed by atoms with van der Waals surface area (Å²) in [6.07, 6.45) is 2.01. The Morgan fingerprint density at radius 3 is 1.18 bits per heavy atom. The van der Waals surface area contributed by atoms with Gasteiger partial charge in [0.1, 0.15) is 0 Å². The molecule has 0 aliphatic rings. The first kappa shape index (κ1) is 18.4. The zero-order valence-corrected chi connectivity index (χ0v) is 10.8. The summed E-state index contributed by atoms with van der Waals surface area (Å²) in [7, 11) is 0. The molecule has 0 fully saturated rings. The third-order valence-corrected chi connectivity index (χ3v) is 1.46. The van der Waals surface area contributed by atoms with E-state index in [1.165, 1.54) is 0 Å². The van der Waals surface area contributed by atoms with Gasteiger partial charge in [-0.25, -0.2) is 28.8 Å². The molecule has 0 bridgehead atoms. The molecule has 0 unspecified atom stereocenters. The van der Waals surface area contributed by atoms with Crippen molar-refractivity contribution in [3.8, 4) is 0 Å². The molecule has 0 aliphatic carbocycles. The van der Waals surface area contributed by atoms with Gasteiger partial charge in [0.15, 0.2) is 0 Å². The predicted molar refractivity (Wildman–Crippen MR) is 63.9 cm³/mol. The van der Waals surface area contributed by atoms with Crippen LogP contribution in [-0.4, -0.2) is 35.8 Å². The van der Waals surface area contributed by atoms with Gasteiger partial charge in [0, 0.05) is 12.2 Å². The van der Waals surface area contributed by atoms with Gasteiger partial charge in [0.05, 0.1) is 12.5 Å². The first-order valence-corrected chi connectivity index (χ1v) is 5.15. The van der Waals surface area contributed by atoms with E-state index in [9.17, 15) is 28.8 Å². The topological polar surface area (TPSA) is 139 Å². The number of hydrogen-bond donors (Lipinski definition) is 0. The van der Waals surface area contributed by atoms with E-state index in [1.807, 2.05) is 0 Å². The fourth-order valence-electron chi connectivity index (χ4n) is 0.718. The lowest BCUT2D eigenvalue weighted by Gasteiger charge is -1.98. The van der Waals surface area contributed by atoms with Crippen LogP contribution in [0.15, 0.2) is 37.8 Å². The van der Waals surface area contributed by atoms with E-state index in [2.05, 4.69) is 32.1 Å². The maximum absolute atomic E-state index is 11.0. The molecule has 0 radical (unpaired) electrons. The molecule has 0 amide bonds. The number of rotatable bonds is 4. The number of carbonyl (C=O) groups is 6. The fourth-order valence-corrected chi connectivity index (χ4v) is 0.718. The molecule has 10 heteroatoms. The molecule has 0 heterocycles. The molecule has 0 aromatic carbocycles. The van der Waals surface area contributed by atoms with Crippen molar-refractivity contribution < 1.29 is 47.7 Å². The maximum atomic E-state index is 11.0. The Kier molecular flexibility index (Phi) is 7.85. The van der Waals surface area contributed by atoms with Crippen LogP contribution in [0.4, 0.5) is 0 Å². The average Bonchev–Trinajstić information content (AvgIpc) is 2.45. The lowest BCUT2D eigenvalue weighted by Crippen LogP contribution is -2.22. The highest BCUT2D eigenvalue weighted by Gasteiger charge is 2.21. The molecule has 10 nitrogen and oxygen atoms in total. The van der Waals surface area contributed by atoms with Crippen LogP contribution in [-0.2, 0) is 47.7 Å².